The number of hydrogen-bond donors (Lipinski definition) is 1. The molecule has 0 fully saturated rings. The Bertz CT molecular complexity index is 593. The van der Waals surface area contributed by atoms with Crippen LogP contribution in [-0.4, -0.2) is 35.0 Å². The molecule has 1 N–H and O–H groups in total. The summed E-state index contributed by atoms with van der Waals surface area (Å²) < 4.78 is 27.6. The number of aromatic nitrogens is 1. The van der Waals surface area contributed by atoms with Gasteiger partial charge in [0.25, 0.3) is 0 Å². The number of aliphatic carboxylic acids is 1. The first-order chi connectivity index (χ1) is 10.8. The lowest BCUT2D eigenvalue weighted by Gasteiger charge is -2.17. The standard InChI is InChI=1S/C12H16Cl2NO6PS/c1-3-19-22(18,20-4-2)21-11-8(13)7-9(14)12(15-11)23-6-5-10(16)17/h7H,3-6H2,1-2H3,(H,16,17). The first kappa shape index (κ1) is 20.5. The second kappa shape index (κ2) is 9.71. The third-order valence-electron chi connectivity index (χ3n) is 2.19. The fourth-order valence-corrected chi connectivity index (χ4v) is 3.94. The van der Waals surface area contributed by atoms with Crippen LogP contribution in [0.1, 0.15) is 20.3 Å². The Morgan fingerprint density at radius 3 is 2.43 bits per heavy atom. The van der Waals surface area contributed by atoms with Gasteiger partial charge in [0.05, 0.1) is 24.7 Å². The van der Waals surface area contributed by atoms with E-state index in [9.17, 15) is 9.36 Å². The third kappa shape index (κ3) is 6.87. The van der Waals surface area contributed by atoms with E-state index >= 15 is 0 Å². The molecule has 0 atom stereocenters. The highest BCUT2D eigenvalue weighted by Crippen LogP contribution is 2.50. The predicted octanol–water partition coefficient (Wildman–Crippen LogP) is 4.52. The van der Waals surface area contributed by atoms with Gasteiger partial charge in [0, 0.05) is 5.75 Å². The lowest BCUT2D eigenvalue weighted by Crippen LogP contribution is -2.04. The molecule has 1 aromatic rings. The molecular formula is C12H16Cl2NO6PS. The average molecular weight is 404 g/mol. The molecule has 0 amide bonds. The van der Waals surface area contributed by atoms with Crippen molar-refractivity contribution in [1.29, 1.82) is 0 Å². The summed E-state index contributed by atoms with van der Waals surface area (Å²) in [6.07, 6.45) is -0.0577. The van der Waals surface area contributed by atoms with Crippen molar-refractivity contribution in [1.82, 2.24) is 4.98 Å². The number of hydrogen-bond acceptors (Lipinski definition) is 7. The van der Waals surface area contributed by atoms with E-state index < -0.39 is 13.8 Å². The molecule has 130 valence electrons. The highest BCUT2D eigenvalue weighted by Gasteiger charge is 2.29. The smallest absolute Gasteiger partial charge is 0.481 e. The average Bonchev–Trinajstić information content (AvgIpc) is 2.43. The Morgan fingerprint density at radius 1 is 1.30 bits per heavy atom. The lowest BCUT2D eigenvalue weighted by molar-refractivity contribution is -0.136. The van der Waals surface area contributed by atoms with E-state index in [-0.39, 0.29) is 41.3 Å². The van der Waals surface area contributed by atoms with Crippen molar-refractivity contribution in [3.8, 4) is 5.88 Å². The number of rotatable bonds is 10. The van der Waals surface area contributed by atoms with Crippen molar-refractivity contribution >= 4 is 48.8 Å². The van der Waals surface area contributed by atoms with Gasteiger partial charge in [-0.15, -0.1) is 11.8 Å². The predicted molar refractivity (Wildman–Crippen MR) is 88.7 cm³/mol. The van der Waals surface area contributed by atoms with E-state index in [0.29, 0.717) is 5.03 Å². The number of carboxylic acids is 1. The molecule has 0 aromatic carbocycles. The summed E-state index contributed by atoms with van der Waals surface area (Å²) in [6.45, 7) is 3.50. The Kier molecular flexibility index (Phi) is 8.68. The number of carboxylic acid groups (broad SMARTS) is 1. The van der Waals surface area contributed by atoms with Gasteiger partial charge < -0.3 is 9.63 Å². The van der Waals surface area contributed by atoms with E-state index in [1.165, 1.54) is 6.07 Å². The molecule has 0 saturated heterocycles. The topological polar surface area (TPSA) is 95.0 Å². The summed E-state index contributed by atoms with van der Waals surface area (Å²) in [5.74, 6) is -0.826. The Balaban J connectivity index is 2.97. The van der Waals surface area contributed by atoms with Gasteiger partial charge in [-0.2, -0.15) is 0 Å². The maximum atomic E-state index is 12.4. The Hall–Kier alpha value is -0.500. The highest BCUT2D eigenvalue weighted by atomic mass is 35.5. The van der Waals surface area contributed by atoms with Crippen LogP contribution in [0, 0.1) is 0 Å². The molecule has 23 heavy (non-hydrogen) atoms. The van der Waals surface area contributed by atoms with Gasteiger partial charge in [0.1, 0.15) is 10.0 Å². The maximum absolute atomic E-state index is 12.4. The zero-order valence-corrected chi connectivity index (χ0v) is 15.7. The minimum absolute atomic E-state index is 0.0391. The molecule has 0 aliphatic carbocycles. The van der Waals surface area contributed by atoms with Gasteiger partial charge in [0.2, 0.25) is 5.88 Å². The fourth-order valence-electron chi connectivity index (χ4n) is 1.35. The van der Waals surface area contributed by atoms with Crippen molar-refractivity contribution in [3.05, 3.63) is 16.1 Å². The van der Waals surface area contributed by atoms with E-state index in [1.807, 2.05) is 0 Å². The number of carbonyl (C=O) groups is 1. The molecule has 0 aliphatic rings. The molecule has 1 rings (SSSR count). The van der Waals surface area contributed by atoms with Gasteiger partial charge in [-0.1, -0.05) is 23.2 Å². The first-order valence-corrected chi connectivity index (χ1v) is 9.80. The minimum atomic E-state index is -3.84. The number of thioether (sulfide) groups is 1. The van der Waals surface area contributed by atoms with Crippen molar-refractivity contribution in [2.24, 2.45) is 0 Å². The van der Waals surface area contributed by atoms with Crippen molar-refractivity contribution in [2.45, 2.75) is 25.3 Å². The second-order valence-electron chi connectivity index (χ2n) is 3.93. The van der Waals surface area contributed by atoms with Crippen molar-refractivity contribution < 1.29 is 28.0 Å². The number of phosphoric ester groups is 1. The van der Waals surface area contributed by atoms with Crippen LogP contribution in [0.2, 0.25) is 10.0 Å². The van der Waals surface area contributed by atoms with Crippen LogP contribution < -0.4 is 4.52 Å². The van der Waals surface area contributed by atoms with Gasteiger partial charge >= 0.3 is 13.8 Å². The number of halogens is 2. The molecule has 0 aliphatic heterocycles. The van der Waals surface area contributed by atoms with Crippen LogP contribution >= 0.6 is 42.8 Å². The van der Waals surface area contributed by atoms with Crippen molar-refractivity contribution in [2.75, 3.05) is 19.0 Å². The second-order valence-corrected chi connectivity index (χ2v) is 7.42. The number of pyridine rings is 1. The highest BCUT2D eigenvalue weighted by molar-refractivity contribution is 7.99. The van der Waals surface area contributed by atoms with E-state index in [4.69, 9.17) is 41.9 Å². The molecule has 0 spiro atoms. The molecular weight excluding hydrogens is 388 g/mol. The van der Waals surface area contributed by atoms with Crippen LogP contribution in [0.3, 0.4) is 0 Å². The Morgan fingerprint density at radius 2 is 1.91 bits per heavy atom. The Labute approximate surface area is 148 Å². The number of nitrogens with zero attached hydrogens (tertiary/aromatic N) is 1. The third-order valence-corrected chi connectivity index (χ3v) is 5.40. The van der Waals surface area contributed by atoms with Crippen LogP contribution in [0.15, 0.2) is 11.1 Å². The van der Waals surface area contributed by atoms with E-state index in [1.54, 1.807) is 13.8 Å². The van der Waals surface area contributed by atoms with Crippen LogP contribution in [0.5, 0.6) is 5.88 Å². The zero-order chi connectivity index (χ0) is 17.5. The quantitative estimate of drug-likeness (QED) is 0.450. The normalized spacial score (nSPS) is 11.5. The molecule has 11 heteroatoms. The molecule has 1 heterocycles. The molecule has 7 nitrogen and oxygen atoms in total. The SMILES string of the molecule is CCOP(=O)(OCC)Oc1nc(SCCC(=O)O)c(Cl)cc1Cl. The van der Waals surface area contributed by atoms with E-state index in [0.717, 1.165) is 11.8 Å². The van der Waals surface area contributed by atoms with Crippen LogP contribution in [0.25, 0.3) is 0 Å². The summed E-state index contributed by atoms with van der Waals surface area (Å²) in [5, 5.41) is 9.24. The first-order valence-electron chi connectivity index (χ1n) is 6.60. The summed E-state index contributed by atoms with van der Waals surface area (Å²) in [6, 6.07) is 1.37. The summed E-state index contributed by atoms with van der Waals surface area (Å²) in [4.78, 5) is 14.6. The summed E-state index contributed by atoms with van der Waals surface area (Å²) in [7, 11) is -3.84. The largest absolute Gasteiger partial charge is 0.531 e. The monoisotopic (exact) mass is 403 g/mol. The van der Waals surface area contributed by atoms with Crippen molar-refractivity contribution in [3.63, 3.8) is 0 Å². The van der Waals surface area contributed by atoms with E-state index in [2.05, 4.69) is 4.98 Å². The fraction of sp³-hybridized carbons (Fsp3) is 0.500. The van der Waals surface area contributed by atoms with Crippen LogP contribution in [-0.2, 0) is 18.4 Å². The molecule has 0 saturated carbocycles. The molecule has 0 radical (unpaired) electrons. The van der Waals surface area contributed by atoms with Gasteiger partial charge in [-0.05, 0) is 19.9 Å². The maximum Gasteiger partial charge on any atom is 0.531 e. The number of phosphoric acid groups is 1. The minimum Gasteiger partial charge on any atom is -0.481 e. The van der Waals surface area contributed by atoms with Gasteiger partial charge in [0.15, 0.2) is 0 Å². The zero-order valence-electron chi connectivity index (χ0n) is 12.5. The summed E-state index contributed by atoms with van der Waals surface area (Å²) >= 11 is 13.1. The van der Waals surface area contributed by atoms with Gasteiger partial charge in [-0.3, -0.25) is 13.8 Å². The lowest BCUT2D eigenvalue weighted by atomic mass is 10.5. The molecule has 0 bridgehead atoms. The van der Waals surface area contributed by atoms with Gasteiger partial charge in [-0.25, -0.2) is 9.55 Å². The molecule has 1 aromatic heterocycles. The van der Waals surface area contributed by atoms with Crippen LogP contribution in [0.4, 0.5) is 0 Å². The summed E-state index contributed by atoms with van der Waals surface area (Å²) in [5.41, 5.74) is 0. The molecule has 0 unspecified atom stereocenters.